The number of rotatable bonds is 4. The first-order chi connectivity index (χ1) is 7.66. The van der Waals surface area contributed by atoms with Gasteiger partial charge in [-0.1, -0.05) is 39.5 Å². The predicted octanol–water partition coefficient (Wildman–Crippen LogP) is 2.66. The van der Waals surface area contributed by atoms with Gasteiger partial charge in [0.25, 0.3) is 0 Å². The average molecular weight is 225 g/mol. The van der Waals surface area contributed by atoms with Gasteiger partial charge in [-0.3, -0.25) is 4.99 Å². The van der Waals surface area contributed by atoms with Gasteiger partial charge in [-0.2, -0.15) is 0 Å². The Kier molecular flexibility index (Phi) is 5.64. The molecule has 1 rings (SSSR count). The molecule has 0 radical (unpaired) electrons. The number of hydrogen-bond acceptors (Lipinski definition) is 1. The highest BCUT2D eigenvalue weighted by atomic mass is 15.1. The summed E-state index contributed by atoms with van der Waals surface area (Å²) in [7, 11) is 0. The Hall–Kier alpha value is -0.730. The fourth-order valence-electron chi connectivity index (χ4n) is 2.33. The van der Waals surface area contributed by atoms with Gasteiger partial charge in [0.15, 0.2) is 5.96 Å². The van der Waals surface area contributed by atoms with Gasteiger partial charge in [-0.25, -0.2) is 0 Å². The molecule has 0 unspecified atom stereocenters. The van der Waals surface area contributed by atoms with Crippen molar-refractivity contribution in [1.29, 1.82) is 0 Å². The van der Waals surface area contributed by atoms with E-state index in [4.69, 9.17) is 5.73 Å². The quantitative estimate of drug-likeness (QED) is 0.439. The van der Waals surface area contributed by atoms with Crippen LogP contribution in [0, 0.1) is 5.41 Å². The Bertz CT molecular complexity index is 215. The molecule has 0 bridgehead atoms. The summed E-state index contributed by atoms with van der Waals surface area (Å²) in [5, 5.41) is 3.13. The van der Waals surface area contributed by atoms with Gasteiger partial charge < -0.3 is 11.1 Å². The van der Waals surface area contributed by atoms with Crippen molar-refractivity contribution in [2.45, 2.75) is 58.8 Å². The summed E-state index contributed by atoms with van der Waals surface area (Å²) in [5.41, 5.74) is 6.20. The molecule has 0 amide bonds. The number of hydrogen-bond donors (Lipinski definition) is 2. The van der Waals surface area contributed by atoms with E-state index in [1.807, 2.05) is 0 Å². The molecule has 3 N–H and O–H groups in total. The number of nitrogens with two attached hydrogens (primary N) is 1. The van der Waals surface area contributed by atoms with E-state index in [-0.39, 0.29) is 0 Å². The summed E-state index contributed by atoms with van der Waals surface area (Å²) in [6.45, 7) is 6.30. The normalized spacial score (nSPS) is 21.5. The van der Waals surface area contributed by atoms with Gasteiger partial charge >= 0.3 is 0 Å². The lowest BCUT2D eigenvalue weighted by molar-refractivity contribution is 0.290. The van der Waals surface area contributed by atoms with Crippen LogP contribution in [0.1, 0.15) is 58.8 Å². The summed E-state index contributed by atoms with van der Waals surface area (Å²) in [5.74, 6) is 0.618. The molecule has 0 aliphatic heterocycles. The fourth-order valence-corrected chi connectivity index (χ4v) is 2.33. The maximum Gasteiger partial charge on any atom is 0.188 e. The van der Waals surface area contributed by atoms with Gasteiger partial charge in [0.2, 0.25) is 0 Å². The van der Waals surface area contributed by atoms with Crippen LogP contribution < -0.4 is 11.1 Å². The Balaban J connectivity index is 2.38. The van der Waals surface area contributed by atoms with Crippen molar-refractivity contribution in [3.05, 3.63) is 0 Å². The van der Waals surface area contributed by atoms with Crippen molar-refractivity contribution in [3.8, 4) is 0 Å². The smallest absolute Gasteiger partial charge is 0.188 e. The lowest BCUT2D eigenvalue weighted by Crippen LogP contribution is -2.33. The van der Waals surface area contributed by atoms with E-state index in [2.05, 4.69) is 24.2 Å². The van der Waals surface area contributed by atoms with Crippen molar-refractivity contribution < 1.29 is 0 Å². The standard InChI is InChI=1S/C13H27N3/c1-3-10-15-12(14)16-11-13(2)8-6-4-5-7-9-13/h3-11H2,1-2H3,(H3,14,15,16). The zero-order chi connectivity index (χ0) is 11.9. The molecular formula is C13H27N3. The Morgan fingerprint density at radius 3 is 2.44 bits per heavy atom. The molecule has 0 atom stereocenters. The van der Waals surface area contributed by atoms with Crippen LogP contribution in [-0.4, -0.2) is 19.0 Å². The van der Waals surface area contributed by atoms with Crippen molar-refractivity contribution in [2.75, 3.05) is 13.1 Å². The van der Waals surface area contributed by atoms with E-state index in [1.54, 1.807) is 0 Å². The van der Waals surface area contributed by atoms with E-state index in [0.29, 0.717) is 11.4 Å². The van der Waals surface area contributed by atoms with Crippen LogP contribution in [-0.2, 0) is 0 Å². The van der Waals surface area contributed by atoms with E-state index < -0.39 is 0 Å². The van der Waals surface area contributed by atoms with Crippen LogP contribution in [0.25, 0.3) is 0 Å². The maximum atomic E-state index is 5.81. The molecule has 3 heteroatoms. The van der Waals surface area contributed by atoms with Gasteiger partial charge in [-0.05, 0) is 24.7 Å². The first kappa shape index (κ1) is 13.3. The second-order valence-electron chi connectivity index (χ2n) is 5.35. The van der Waals surface area contributed by atoms with Crippen molar-refractivity contribution >= 4 is 5.96 Å². The largest absolute Gasteiger partial charge is 0.370 e. The molecule has 16 heavy (non-hydrogen) atoms. The zero-order valence-electron chi connectivity index (χ0n) is 10.9. The van der Waals surface area contributed by atoms with Crippen molar-refractivity contribution in [1.82, 2.24) is 5.32 Å². The molecule has 0 heterocycles. The molecule has 3 nitrogen and oxygen atoms in total. The topological polar surface area (TPSA) is 50.4 Å². The Morgan fingerprint density at radius 2 is 1.88 bits per heavy atom. The van der Waals surface area contributed by atoms with Crippen LogP contribution in [0.15, 0.2) is 4.99 Å². The average Bonchev–Trinajstić information content (AvgIpc) is 2.49. The SMILES string of the molecule is CCCNC(N)=NCC1(C)CCCCCC1. The minimum absolute atomic E-state index is 0.384. The highest BCUT2D eigenvalue weighted by Gasteiger charge is 2.25. The number of nitrogens with zero attached hydrogens (tertiary/aromatic N) is 1. The Labute approximate surface area is 99.9 Å². The first-order valence-electron chi connectivity index (χ1n) is 6.70. The monoisotopic (exact) mass is 225 g/mol. The molecular weight excluding hydrogens is 198 g/mol. The van der Waals surface area contributed by atoms with Crippen molar-refractivity contribution in [3.63, 3.8) is 0 Å². The minimum atomic E-state index is 0.384. The van der Waals surface area contributed by atoms with Crippen LogP contribution in [0.5, 0.6) is 0 Å². The maximum absolute atomic E-state index is 5.81. The van der Waals surface area contributed by atoms with E-state index >= 15 is 0 Å². The third kappa shape index (κ3) is 4.86. The zero-order valence-corrected chi connectivity index (χ0v) is 10.9. The van der Waals surface area contributed by atoms with E-state index in [0.717, 1.165) is 19.5 Å². The summed E-state index contributed by atoms with van der Waals surface area (Å²) >= 11 is 0. The number of aliphatic imine (C=N–C) groups is 1. The molecule has 94 valence electrons. The highest BCUT2D eigenvalue weighted by molar-refractivity contribution is 5.77. The minimum Gasteiger partial charge on any atom is -0.370 e. The molecule has 0 saturated heterocycles. The molecule has 1 aliphatic carbocycles. The van der Waals surface area contributed by atoms with Gasteiger partial charge in [0, 0.05) is 13.1 Å². The summed E-state index contributed by atoms with van der Waals surface area (Å²) in [4.78, 5) is 4.48. The second kappa shape index (κ2) is 6.77. The fraction of sp³-hybridized carbons (Fsp3) is 0.923. The molecule has 1 fully saturated rings. The summed E-state index contributed by atoms with van der Waals surface area (Å²) < 4.78 is 0. The van der Waals surface area contributed by atoms with Crippen LogP contribution in [0.2, 0.25) is 0 Å². The van der Waals surface area contributed by atoms with E-state index in [9.17, 15) is 0 Å². The van der Waals surface area contributed by atoms with E-state index in [1.165, 1.54) is 38.5 Å². The molecule has 0 aromatic rings. The first-order valence-corrected chi connectivity index (χ1v) is 6.70. The van der Waals surface area contributed by atoms with Crippen LogP contribution >= 0.6 is 0 Å². The lowest BCUT2D eigenvalue weighted by atomic mass is 9.83. The highest BCUT2D eigenvalue weighted by Crippen LogP contribution is 2.34. The number of nitrogens with one attached hydrogen (secondary N) is 1. The predicted molar refractivity (Wildman–Crippen MR) is 70.6 cm³/mol. The third-order valence-electron chi connectivity index (χ3n) is 3.50. The third-order valence-corrected chi connectivity index (χ3v) is 3.50. The van der Waals surface area contributed by atoms with Crippen LogP contribution in [0.3, 0.4) is 0 Å². The molecule has 1 saturated carbocycles. The summed E-state index contributed by atoms with van der Waals surface area (Å²) in [6, 6.07) is 0. The van der Waals surface area contributed by atoms with Crippen LogP contribution in [0.4, 0.5) is 0 Å². The molecule has 0 aromatic heterocycles. The second-order valence-corrected chi connectivity index (χ2v) is 5.35. The van der Waals surface area contributed by atoms with Gasteiger partial charge in [-0.15, -0.1) is 0 Å². The van der Waals surface area contributed by atoms with Gasteiger partial charge in [0.1, 0.15) is 0 Å². The molecule has 0 aromatic carbocycles. The summed E-state index contributed by atoms with van der Waals surface area (Å²) in [6.07, 6.45) is 9.19. The number of guanidine groups is 1. The van der Waals surface area contributed by atoms with Crippen molar-refractivity contribution in [2.24, 2.45) is 16.1 Å². The van der Waals surface area contributed by atoms with Gasteiger partial charge in [0.05, 0.1) is 0 Å². The Morgan fingerprint density at radius 1 is 1.25 bits per heavy atom. The molecule has 1 aliphatic rings. The molecule has 0 spiro atoms. The lowest BCUT2D eigenvalue weighted by Gasteiger charge is -2.26.